The predicted octanol–water partition coefficient (Wildman–Crippen LogP) is 2.69. The summed E-state index contributed by atoms with van der Waals surface area (Å²) in [6.07, 6.45) is 0. The van der Waals surface area contributed by atoms with Crippen molar-refractivity contribution in [3.63, 3.8) is 0 Å². The smallest absolute Gasteiger partial charge is 0.0463 e. The molecule has 0 aliphatic rings. The van der Waals surface area contributed by atoms with Crippen LogP contribution in [0.1, 0.15) is 0 Å². The molecule has 2 N–H and O–H groups in total. The van der Waals surface area contributed by atoms with Crippen LogP contribution in [0.15, 0.2) is 27.6 Å². The van der Waals surface area contributed by atoms with E-state index in [0.717, 1.165) is 27.4 Å². The Morgan fingerprint density at radius 2 is 2.14 bits per heavy atom. The Labute approximate surface area is 98.0 Å². The van der Waals surface area contributed by atoms with E-state index in [1.807, 2.05) is 12.1 Å². The summed E-state index contributed by atoms with van der Waals surface area (Å²) < 4.78 is 1.03. The van der Waals surface area contributed by atoms with Crippen LogP contribution < -0.4 is 5.73 Å². The third-order valence-electron chi connectivity index (χ3n) is 1.77. The van der Waals surface area contributed by atoms with Crippen molar-refractivity contribution < 1.29 is 0 Å². The van der Waals surface area contributed by atoms with E-state index >= 15 is 0 Å². The van der Waals surface area contributed by atoms with Crippen molar-refractivity contribution in [2.24, 2.45) is 0 Å². The number of halogens is 1. The highest BCUT2D eigenvalue weighted by Crippen LogP contribution is 2.27. The van der Waals surface area contributed by atoms with Gasteiger partial charge in [0.2, 0.25) is 0 Å². The molecule has 1 rings (SSSR count). The number of hydrogen-bond acceptors (Lipinski definition) is 3. The van der Waals surface area contributed by atoms with E-state index < -0.39 is 0 Å². The molecule has 0 heterocycles. The summed E-state index contributed by atoms with van der Waals surface area (Å²) >= 11 is 5.19. The number of thioether (sulfide) groups is 1. The van der Waals surface area contributed by atoms with Gasteiger partial charge in [-0.05, 0) is 32.3 Å². The van der Waals surface area contributed by atoms with Crippen LogP contribution in [-0.4, -0.2) is 31.3 Å². The third-order valence-corrected chi connectivity index (χ3v) is 3.33. The number of nitrogen functional groups attached to an aromatic ring is 1. The number of anilines is 1. The van der Waals surface area contributed by atoms with Crippen LogP contribution in [0.3, 0.4) is 0 Å². The van der Waals surface area contributed by atoms with Crippen LogP contribution in [-0.2, 0) is 0 Å². The van der Waals surface area contributed by atoms with Gasteiger partial charge in [-0.15, -0.1) is 11.8 Å². The summed E-state index contributed by atoms with van der Waals surface area (Å²) in [4.78, 5) is 3.33. The quantitative estimate of drug-likeness (QED) is 0.676. The summed E-state index contributed by atoms with van der Waals surface area (Å²) in [6, 6.07) is 6.02. The zero-order valence-electron chi connectivity index (χ0n) is 8.46. The average Bonchev–Trinajstić information content (AvgIpc) is 2.08. The maximum absolute atomic E-state index is 5.87. The van der Waals surface area contributed by atoms with Gasteiger partial charge in [-0.1, -0.05) is 15.9 Å². The molecule has 0 saturated heterocycles. The summed E-state index contributed by atoms with van der Waals surface area (Å²) in [5.74, 6) is 1.07. The first-order chi connectivity index (χ1) is 6.59. The van der Waals surface area contributed by atoms with E-state index in [0.29, 0.717) is 0 Å². The largest absolute Gasteiger partial charge is 0.398 e. The van der Waals surface area contributed by atoms with Gasteiger partial charge >= 0.3 is 0 Å². The van der Waals surface area contributed by atoms with Crippen molar-refractivity contribution in [2.75, 3.05) is 32.1 Å². The van der Waals surface area contributed by atoms with Crippen molar-refractivity contribution in [3.05, 3.63) is 22.7 Å². The molecule has 4 heteroatoms. The average molecular weight is 275 g/mol. The minimum Gasteiger partial charge on any atom is -0.398 e. The van der Waals surface area contributed by atoms with Gasteiger partial charge in [-0.3, -0.25) is 0 Å². The van der Waals surface area contributed by atoms with E-state index in [9.17, 15) is 0 Å². The molecule has 0 spiro atoms. The van der Waals surface area contributed by atoms with Crippen LogP contribution in [0.4, 0.5) is 5.69 Å². The van der Waals surface area contributed by atoms with Crippen molar-refractivity contribution in [1.29, 1.82) is 0 Å². The molecule has 0 amide bonds. The standard InChI is InChI=1S/C10H15BrN2S/c1-13(2)5-6-14-10-4-3-8(11)7-9(10)12/h3-4,7H,5-6,12H2,1-2H3. The molecule has 0 bridgehead atoms. The topological polar surface area (TPSA) is 29.3 Å². The van der Waals surface area contributed by atoms with Gasteiger partial charge in [0.1, 0.15) is 0 Å². The van der Waals surface area contributed by atoms with Gasteiger partial charge < -0.3 is 10.6 Å². The lowest BCUT2D eigenvalue weighted by Crippen LogP contribution is -2.14. The zero-order chi connectivity index (χ0) is 10.6. The van der Waals surface area contributed by atoms with E-state index in [2.05, 4.69) is 41.0 Å². The monoisotopic (exact) mass is 274 g/mol. The van der Waals surface area contributed by atoms with E-state index in [-0.39, 0.29) is 0 Å². The number of nitrogens with zero attached hydrogens (tertiary/aromatic N) is 1. The number of nitrogens with two attached hydrogens (primary N) is 1. The summed E-state index contributed by atoms with van der Waals surface area (Å²) in [6.45, 7) is 1.07. The molecule has 2 nitrogen and oxygen atoms in total. The second kappa shape index (κ2) is 5.63. The Morgan fingerprint density at radius 3 is 2.71 bits per heavy atom. The van der Waals surface area contributed by atoms with Gasteiger partial charge in [0, 0.05) is 27.4 Å². The Balaban J connectivity index is 2.51. The van der Waals surface area contributed by atoms with E-state index in [4.69, 9.17) is 5.73 Å². The summed E-state index contributed by atoms with van der Waals surface area (Å²) in [5, 5.41) is 0. The Kier molecular flexibility index (Phi) is 4.78. The molecule has 78 valence electrons. The number of hydrogen-bond donors (Lipinski definition) is 1. The predicted molar refractivity (Wildman–Crippen MR) is 67.8 cm³/mol. The van der Waals surface area contributed by atoms with Gasteiger partial charge in [0.25, 0.3) is 0 Å². The van der Waals surface area contributed by atoms with Crippen LogP contribution in [0.5, 0.6) is 0 Å². The highest BCUT2D eigenvalue weighted by molar-refractivity contribution is 9.10. The molecule has 0 aromatic heterocycles. The lowest BCUT2D eigenvalue weighted by Gasteiger charge is -2.10. The normalized spacial score (nSPS) is 10.9. The molecule has 0 unspecified atom stereocenters. The summed E-state index contributed by atoms with van der Waals surface area (Å²) in [7, 11) is 4.15. The molecule has 0 aliphatic heterocycles. The van der Waals surface area contributed by atoms with E-state index in [1.165, 1.54) is 0 Å². The highest BCUT2D eigenvalue weighted by atomic mass is 79.9. The van der Waals surface area contributed by atoms with Crippen LogP contribution in [0.25, 0.3) is 0 Å². The minimum atomic E-state index is 0.850. The Hall–Kier alpha value is -0.190. The molecule has 0 saturated carbocycles. The maximum Gasteiger partial charge on any atom is 0.0463 e. The molecule has 14 heavy (non-hydrogen) atoms. The van der Waals surface area contributed by atoms with E-state index in [1.54, 1.807) is 11.8 Å². The Bertz CT molecular complexity index is 302. The van der Waals surface area contributed by atoms with Crippen molar-refractivity contribution >= 4 is 33.4 Å². The fraction of sp³-hybridized carbons (Fsp3) is 0.400. The van der Waals surface area contributed by atoms with Crippen molar-refractivity contribution in [1.82, 2.24) is 4.90 Å². The van der Waals surface area contributed by atoms with Crippen LogP contribution in [0.2, 0.25) is 0 Å². The third kappa shape index (κ3) is 3.90. The molecular weight excluding hydrogens is 260 g/mol. The molecular formula is C10H15BrN2S. The molecule has 1 aromatic rings. The first kappa shape index (κ1) is 11.9. The molecule has 0 fully saturated rings. The lowest BCUT2D eigenvalue weighted by molar-refractivity contribution is 0.437. The SMILES string of the molecule is CN(C)CCSc1ccc(Br)cc1N. The van der Waals surface area contributed by atoms with Gasteiger partial charge in [0.15, 0.2) is 0 Å². The second-order valence-electron chi connectivity index (χ2n) is 3.33. The first-order valence-electron chi connectivity index (χ1n) is 4.42. The molecule has 0 radical (unpaired) electrons. The second-order valence-corrected chi connectivity index (χ2v) is 5.39. The van der Waals surface area contributed by atoms with Crippen LogP contribution in [0, 0.1) is 0 Å². The highest BCUT2D eigenvalue weighted by Gasteiger charge is 2.00. The molecule has 1 aromatic carbocycles. The van der Waals surface area contributed by atoms with Gasteiger partial charge in [-0.25, -0.2) is 0 Å². The molecule has 0 aliphatic carbocycles. The van der Waals surface area contributed by atoms with Crippen LogP contribution >= 0.6 is 27.7 Å². The lowest BCUT2D eigenvalue weighted by atomic mass is 10.3. The van der Waals surface area contributed by atoms with Crippen molar-refractivity contribution in [2.45, 2.75) is 4.90 Å². The fourth-order valence-corrected chi connectivity index (χ4v) is 2.43. The zero-order valence-corrected chi connectivity index (χ0v) is 10.9. The number of rotatable bonds is 4. The first-order valence-corrected chi connectivity index (χ1v) is 6.20. The van der Waals surface area contributed by atoms with Crippen molar-refractivity contribution in [3.8, 4) is 0 Å². The maximum atomic E-state index is 5.87. The summed E-state index contributed by atoms with van der Waals surface area (Å²) in [5.41, 5.74) is 6.72. The van der Waals surface area contributed by atoms with Gasteiger partial charge in [-0.2, -0.15) is 0 Å². The Morgan fingerprint density at radius 1 is 1.43 bits per heavy atom. The molecule has 0 atom stereocenters. The number of benzene rings is 1. The fourth-order valence-electron chi connectivity index (χ4n) is 0.989. The minimum absolute atomic E-state index is 0.850. The van der Waals surface area contributed by atoms with Gasteiger partial charge in [0.05, 0.1) is 0 Å².